The summed E-state index contributed by atoms with van der Waals surface area (Å²) in [5.41, 5.74) is 4.59. The van der Waals surface area contributed by atoms with E-state index in [4.69, 9.17) is 9.84 Å². The van der Waals surface area contributed by atoms with Crippen molar-refractivity contribution in [3.8, 4) is 11.1 Å². The average molecular weight is 498 g/mol. The van der Waals surface area contributed by atoms with Gasteiger partial charge >= 0.3 is 12.1 Å². The molecule has 2 aromatic carbocycles. The molecule has 2 aliphatic rings. The van der Waals surface area contributed by atoms with Crippen LogP contribution in [0.15, 0.2) is 48.5 Å². The standard InChI is InChI=1S/C26H31N3O5S/c1-35-15-10-23(25(32)29-13-11-28(12-14-29)16-24(30)31)27-26(33)34-17-22-20-8-4-2-6-18(20)19-7-3-5-9-21(19)22/h2-9,22-23H,10-17H2,1H3,(H,27,33)(H,30,31). The molecule has 0 aromatic heterocycles. The molecular formula is C26H31N3O5S. The fraction of sp³-hybridized carbons (Fsp3) is 0.423. The fourth-order valence-corrected chi connectivity index (χ4v) is 5.28. The molecule has 0 bridgehead atoms. The predicted molar refractivity (Wildman–Crippen MR) is 136 cm³/mol. The van der Waals surface area contributed by atoms with Gasteiger partial charge in [0, 0.05) is 32.1 Å². The van der Waals surface area contributed by atoms with Gasteiger partial charge in [0.15, 0.2) is 0 Å². The number of alkyl carbamates (subject to hydrolysis) is 1. The van der Waals surface area contributed by atoms with Gasteiger partial charge in [-0.25, -0.2) is 4.79 Å². The number of rotatable bonds is 9. The largest absolute Gasteiger partial charge is 0.480 e. The van der Waals surface area contributed by atoms with Crippen molar-refractivity contribution < 1.29 is 24.2 Å². The van der Waals surface area contributed by atoms with Crippen LogP contribution in [0.1, 0.15) is 23.5 Å². The molecule has 2 N–H and O–H groups in total. The van der Waals surface area contributed by atoms with Gasteiger partial charge in [-0.05, 0) is 40.7 Å². The lowest BCUT2D eigenvalue weighted by Gasteiger charge is -2.35. The highest BCUT2D eigenvalue weighted by Gasteiger charge is 2.31. The molecule has 1 aliphatic carbocycles. The number of ether oxygens (including phenoxy) is 1. The van der Waals surface area contributed by atoms with E-state index in [2.05, 4.69) is 29.6 Å². The van der Waals surface area contributed by atoms with Gasteiger partial charge in [-0.15, -0.1) is 0 Å². The van der Waals surface area contributed by atoms with Gasteiger partial charge in [0.25, 0.3) is 0 Å². The van der Waals surface area contributed by atoms with Crippen molar-refractivity contribution >= 4 is 29.7 Å². The topological polar surface area (TPSA) is 99.2 Å². The third-order valence-electron chi connectivity index (χ3n) is 6.59. The number of carbonyl (C=O) groups is 3. The van der Waals surface area contributed by atoms with E-state index in [1.165, 1.54) is 0 Å². The minimum absolute atomic E-state index is 0.0318. The number of hydrogen-bond donors (Lipinski definition) is 2. The Labute approximate surface area is 209 Å². The number of nitrogens with one attached hydrogen (secondary N) is 1. The fourth-order valence-electron chi connectivity index (χ4n) is 4.81. The lowest BCUT2D eigenvalue weighted by atomic mass is 9.98. The SMILES string of the molecule is CSCCC(NC(=O)OCC1c2ccccc2-c2ccccc21)C(=O)N1CCN(CC(=O)O)CC1. The molecule has 1 unspecified atom stereocenters. The van der Waals surface area contributed by atoms with Gasteiger partial charge in [0.1, 0.15) is 12.6 Å². The molecule has 2 aromatic rings. The number of benzene rings is 2. The second kappa shape index (κ2) is 11.6. The van der Waals surface area contributed by atoms with Crippen molar-refractivity contribution in [3.05, 3.63) is 59.7 Å². The Hall–Kier alpha value is -3.04. The number of piperazine rings is 1. The van der Waals surface area contributed by atoms with E-state index in [0.717, 1.165) is 28.0 Å². The first-order valence-corrected chi connectivity index (χ1v) is 13.2. The Kier molecular flexibility index (Phi) is 8.30. The predicted octanol–water partition coefficient (Wildman–Crippen LogP) is 2.88. The first kappa shape index (κ1) is 25.1. The molecule has 1 fully saturated rings. The summed E-state index contributed by atoms with van der Waals surface area (Å²) in [7, 11) is 0. The highest BCUT2D eigenvalue weighted by molar-refractivity contribution is 7.98. The summed E-state index contributed by atoms with van der Waals surface area (Å²) in [6, 6.07) is 15.6. The first-order valence-electron chi connectivity index (χ1n) is 11.8. The van der Waals surface area contributed by atoms with Crippen LogP contribution in [0.4, 0.5) is 4.79 Å². The zero-order valence-corrected chi connectivity index (χ0v) is 20.6. The number of thioether (sulfide) groups is 1. The second-order valence-electron chi connectivity index (χ2n) is 8.80. The van der Waals surface area contributed by atoms with Crippen LogP contribution in [0, 0.1) is 0 Å². The van der Waals surface area contributed by atoms with E-state index in [1.807, 2.05) is 35.4 Å². The number of carbonyl (C=O) groups excluding carboxylic acids is 2. The molecule has 1 heterocycles. The molecule has 0 spiro atoms. The quantitative estimate of drug-likeness (QED) is 0.550. The normalized spacial score (nSPS) is 16.3. The molecule has 35 heavy (non-hydrogen) atoms. The number of aliphatic carboxylic acids is 1. The van der Waals surface area contributed by atoms with Gasteiger partial charge in [-0.2, -0.15) is 11.8 Å². The summed E-state index contributed by atoms with van der Waals surface area (Å²) in [6.45, 7) is 2.03. The van der Waals surface area contributed by atoms with E-state index in [-0.39, 0.29) is 25.0 Å². The van der Waals surface area contributed by atoms with Crippen LogP contribution in [0.3, 0.4) is 0 Å². The molecule has 8 nitrogen and oxygen atoms in total. The summed E-state index contributed by atoms with van der Waals surface area (Å²) in [4.78, 5) is 40.4. The first-order chi connectivity index (χ1) is 17.0. The Morgan fingerprint density at radius 3 is 2.20 bits per heavy atom. The summed E-state index contributed by atoms with van der Waals surface area (Å²) in [5.74, 6) is -0.350. The Morgan fingerprint density at radius 1 is 1.03 bits per heavy atom. The molecule has 9 heteroatoms. The van der Waals surface area contributed by atoms with E-state index in [1.54, 1.807) is 16.7 Å². The summed E-state index contributed by atoms with van der Waals surface area (Å²) in [5, 5.41) is 11.8. The maximum Gasteiger partial charge on any atom is 0.407 e. The van der Waals surface area contributed by atoms with Gasteiger partial charge in [0.05, 0.1) is 6.54 Å². The monoisotopic (exact) mass is 497 g/mol. The lowest BCUT2D eigenvalue weighted by molar-refractivity contribution is -0.139. The van der Waals surface area contributed by atoms with Crippen LogP contribution in [-0.4, -0.2) is 90.3 Å². The molecule has 1 aliphatic heterocycles. The summed E-state index contributed by atoms with van der Waals surface area (Å²) >= 11 is 1.61. The zero-order chi connectivity index (χ0) is 24.8. The highest BCUT2D eigenvalue weighted by atomic mass is 32.2. The van der Waals surface area contributed by atoms with E-state index >= 15 is 0 Å². The highest BCUT2D eigenvalue weighted by Crippen LogP contribution is 2.44. The van der Waals surface area contributed by atoms with Crippen LogP contribution >= 0.6 is 11.8 Å². The maximum absolute atomic E-state index is 13.2. The van der Waals surface area contributed by atoms with Crippen molar-refractivity contribution in [1.82, 2.24) is 15.1 Å². The Bertz CT molecular complexity index is 1020. The van der Waals surface area contributed by atoms with Gasteiger partial charge in [0.2, 0.25) is 5.91 Å². The summed E-state index contributed by atoms with van der Waals surface area (Å²) in [6.07, 6.45) is 1.86. The number of amides is 2. The van der Waals surface area contributed by atoms with Crippen LogP contribution in [0.5, 0.6) is 0 Å². The van der Waals surface area contributed by atoms with E-state index in [9.17, 15) is 14.4 Å². The van der Waals surface area contributed by atoms with Gasteiger partial charge < -0.3 is 20.1 Å². The molecule has 1 atom stereocenters. The maximum atomic E-state index is 13.2. The second-order valence-corrected chi connectivity index (χ2v) is 9.78. The van der Waals surface area contributed by atoms with Crippen LogP contribution in [0.25, 0.3) is 11.1 Å². The van der Waals surface area contributed by atoms with Crippen molar-refractivity contribution in [2.45, 2.75) is 18.4 Å². The van der Waals surface area contributed by atoms with Crippen LogP contribution in [-0.2, 0) is 14.3 Å². The molecule has 1 saturated heterocycles. The molecule has 2 amide bonds. The number of hydrogen-bond acceptors (Lipinski definition) is 6. The van der Waals surface area contributed by atoms with E-state index in [0.29, 0.717) is 32.6 Å². The van der Waals surface area contributed by atoms with Crippen LogP contribution in [0.2, 0.25) is 0 Å². The third kappa shape index (κ3) is 5.97. The Morgan fingerprint density at radius 2 is 1.63 bits per heavy atom. The number of carboxylic acid groups (broad SMARTS) is 1. The molecular weight excluding hydrogens is 466 g/mol. The van der Waals surface area contributed by atoms with Crippen molar-refractivity contribution in [2.24, 2.45) is 0 Å². The molecule has 4 rings (SSSR count). The number of carboxylic acids is 1. The van der Waals surface area contributed by atoms with Crippen molar-refractivity contribution in [2.75, 3.05) is 51.3 Å². The number of nitrogens with zero attached hydrogens (tertiary/aromatic N) is 2. The van der Waals surface area contributed by atoms with Crippen molar-refractivity contribution in [3.63, 3.8) is 0 Å². The van der Waals surface area contributed by atoms with Crippen LogP contribution < -0.4 is 5.32 Å². The molecule has 0 radical (unpaired) electrons. The minimum atomic E-state index is -0.875. The Balaban J connectivity index is 1.36. The molecule has 186 valence electrons. The van der Waals surface area contributed by atoms with Crippen molar-refractivity contribution in [1.29, 1.82) is 0 Å². The molecule has 0 saturated carbocycles. The van der Waals surface area contributed by atoms with E-state index < -0.39 is 18.1 Å². The lowest BCUT2D eigenvalue weighted by Crippen LogP contribution is -2.55. The summed E-state index contributed by atoms with van der Waals surface area (Å²) < 4.78 is 5.65. The third-order valence-corrected chi connectivity index (χ3v) is 7.23. The zero-order valence-electron chi connectivity index (χ0n) is 19.8. The van der Waals surface area contributed by atoms with Gasteiger partial charge in [-0.3, -0.25) is 14.5 Å². The van der Waals surface area contributed by atoms with Gasteiger partial charge in [-0.1, -0.05) is 48.5 Å². The smallest absolute Gasteiger partial charge is 0.407 e. The average Bonchev–Trinajstić information content (AvgIpc) is 3.18. The number of fused-ring (bicyclic) bond motifs is 3. The minimum Gasteiger partial charge on any atom is -0.480 e.